The van der Waals surface area contributed by atoms with E-state index in [1.54, 1.807) is 0 Å². The van der Waals surface area contributed by atoms with Crippen LogP contribution in [0.3, 0.4) is 0 Å². The molecule has 1 aliphatic heterocycles. The number of carbonyl (C=O) groups is 2. The third-order valence-electron chi connectivity index (χ3n) is 6.03. The summed E-state index contributed by atoms with van der Waals surface area (Å²) in [5, 5.41) is 3.04. The average Bonchev–Trinajstić information content (AvgIpc) is 3.61. The largest absolute Gasteiger partial charge is 0.350 e. The first-order valence-electron chi connectivity index (χ1n) is 9.85. The van der Waals surface area contributed by atoms with Crippen molar-refractivity contribution in [2.24, 2.45) is 5.92 Å². The van der Waals surface area contributed by atoms with Gasteiger partial charge >= 0.3 is 0 Å². The number of hydrogen-bond donors (Lipinski definition) is 1. The zero-order valence-electron chi connectivity index (χ0n) is 15.4. The molecule has 2 saturated carbocycles. The van der Waals surface area contributed by atoms with Gasteiger partial charge in [-0.3, -0.25) is 9.59 Å². The summed E-state index contributed by atoms with van der Waals surface area (Å²) in [5.41, 5.74) is 1.46. The Balaban J connectivity index is 1.25. The smallest absolute Gasteiger partial charge is 0.289 e. The number of imidazole rings is 1. The summed E-state index contributed by atoms with van der Waals surface area (Å²) in [5.74, 6) is 1.27. The van der Waals surface area contributed by atoms with Crippen LogP contribution in [0.4, 0.5) is 0 Å². The zero-order chi connectivity index (χ0) is 18.4. The number of benzene rings is 1. The van der Waals surface area contributed by atoms with E-state index < -0.39 is 0 Å². The molecule has 0 unspecified atom stereocenters. The first kappa shape index (κ1) is 16.5. The molecule has 2 fully saturated rings. The molecule has 140 valence electrons. The summed E-state index contributed by atoms with van der Waals surface area (Å²) in [6.07, 6.45) is 6.15. The van der Waals surface area contributed by atoms with Crippen molar-refractivity contribution in [3.63, 3.8) is 0 Å². The Kier molecular flexibility index (Phi) is 3.81. The lowest BCUT2D eigenvalue weighted by Gasteiger charge is -2.27. The Labute approximate surface area is 158 Å². The Bertz CT molecular complexity index is 881. The molecule has 3 aliphatic rings. The molecular weight excluding hydrogens is 340 g/mol. The van der Waals surface area contributed by atoms with E-state index in [0.717, 1.165) is 43.7 Å². The molecule has 0 radical (unpaired) electrons. The Morgan fingerprint density at radius 3 is 2.67 bits per heavy atom. The van der Waals surface area contributed by atoms with Gasteiger partial charge in [0.15, 0.2) is 5.82 Å². The van der Waals surface area contributed by atoms with Crippen molar-refractivity contribution >= 4 is 11.8 Å². The number of aromatic nitrogens is 2. The van der Waals surface area contributed by atoms with Crippen LogP contribution in [0.15, 0.2) is 36.5 Å². The molecule has 0 saturated heterocycles. The second kappa shape index (κ2) is 6.22. The second-order valence-electron chi connectivity index (χ2n) is 8.07. The van der Waals surface area contributed by atoms with Gasteiger partial charge in [-0.2, -0.15) is 0 Å². The zero-order valence-corrected chi connectivity index (χ0v) is 15.4. The Morgan fingerprint density at radius 1 is 1.19 bits per heavy atom. The highest BCUT2D eigenvalue weighted by molar-refractivity contribution is 5.92. The number of rotatable bonds is 6. The molecule has 2 heterocycles. The van der Waals surface area contributed by atoms with Gasteiger partial charge in [-0.25, -0.2) is 4.98 Å². The summed E-state index contributed by atoms with van der Waals surface area (Å²) in [6, 6.07) is 9.97. The van der Waals surface area contributed by atoms with Crippen molar-refractivity contribution < 1.29 is 9.59 Å². The van der Waals surface area contributed by atoms with Gasteiger partial charge in [0.1, 0.15) is 0 Å². The van der Waals surface area contributed by atoms with Crippen LogP contribution < -0.4 is 5.32 Å². The SMILES string of the molecule is O=C1c2nc(CNC(=O)C3(c4ccccc4)CC3)cn2CCN1CC1CC1. The highest BCUT2D eigenvalue weighted by atomic mass is 16.2. The Hall–Kier alpha value is -2.63. The molecule has 6 nitrogen and oxygen atoms in total. The summed E-state index contributed by atoms with van der Waals surface area (Å²) in [7, 11) is 0. The number of nitrogens with one attached hydrogen (secondary N) is 1. The van der Waals surface area contributed by atoms with E-state index in [-0.39, 0.29) is 17.2 Å². The van der Waals surface area contributed by atoms with Gasteiger partial charge in [0.2, 0.25) is 5.91 Å². The van der Waals surface area contributed by atoms with E-state index in [1.807, 2.05) is 46.0 Å². The Morgan fingerprint density at radius 2 is 1.96 bits per heavy atom. The van der Waals surface area contributed by atoms with Crippen LogP contribution in [0, 0.1) is 5.92 Å². The fourth-order valence-electron chi connectivity index (χ4n) is 4.02. The molecule has 2 aromatic rings. The number of fused-ring (bicyclic) bond motifs is 1. The van der Waals surface area contributed by atoms with Gasteiger partial charge < -0.3 is 14.8 Å². The summed E-state index contributed by atoms with van der Waals surface area (Å²) < 4.78 is 1.93. The number of carbonyl (C=O) groups excluding carboxylic acids is 2. The average molecular weight is 364 g/mol. The standard InChI is InChI=1S/C21H24N4O2/c26-19-18-23-17(14-24(18)10-11-25(19)13-15-6-7-15)12-22-20(27)21(8-9-21)16-4-2-1-3-5-16/h1-5,14-15H,6-13H2,(H,22,27). The van der Waals surface area contributed by atoms with Crippen molar-refractivity contribution in [2.75, 3.05) is 13.1 Å². The maximum atomic E-state index is 12.8. The van der Waals surface area contributed by atoms with Gasteiger partial charge in [0.05, 0.1) is 17.7 Å². The van der Waals surface area contributed by atoms with Crippen molar-refractivity contribution in [1.29, 1.82) is 0 Å². The molecule has 6 heteroatoms. The van der Waals surface area contributed by atoms with Crippen LogP contribution in [-0.4, -0.2) is 39.4 Å². The van der Waals surface area contributed by atoms with Crippen LogP contribution in [0.5, 0.6) is 0 Å². The van der Waals surface area contributed by atoms with Crippen molar-refractivity contribution in [1.82, 2.24) is 19.8 Å². The topological polar surface area (TPSA) is 67.2 Å². The van der Waals surface area contributed by atoms with Gasteiger partial charge in [-0.05, 0) is 37.2 Å². The van der Waals surface area contributed by atoms with Crippen LogP contribution in [0.2, 0.25) is 0 Å². The maximum Gasteiger partial charge on any atom is 0.289 e. The molecule has 2 aliphatic carbocycles. The minimum absolute atomic E-state index is 0.0219. The molecule has 5 rings (SSSR count). The lowest BCUT2D eigenvalue weighted by Crippen LogP contribution is -2.41. The number of amides is 2. The fourth-order valence-corrected chi connectivity index (χ4v) is 4.02. The predicted molar refractivity (Wildman–Crippen MR) is 100 cm³/mol. The molecule has 2 amide bonds. The quantitative estimate of drug-likeness (QED) is 0.854. The fraction of sp³-hybridized carbons (Fsp3) is 0.476. The normalized spacial score (nSPS) is 20.3. The van der Waals surface area contributed by atoms with Crippen molar-refractivity contribution in [3.05, 3.63) is 53.6 Å². The first-order valence-corrected chi connectivity index (χ1v) is 9.85. The van der Waals surface area contributed by atoms with E-state index in [2.05, 4.69) is 10.3 Å². The van der Waals surface area contributed by atoms with E-state index >= 15 is 0 Å². The minimum atomic E-state index is -0.377. The van der Waals surface area contributed by atoms with Crippen molar-refractivity contribution in [3.8, 4) is 0 Å². The maximum absolute atomic E-state index is 12.8. The van der Waals surface area contributed by atoms with Gasteiger partial charge in [0, 0.05) is 25.8 Å². The molecular formula is C21H24N4O2. The third kappa shape index (κ3) is 3.03. The molecule has 27 heavy (non-hydrogen) atoms. The molecule has 0 spiro atoms. The first-order chi connectivity index (χ1) is 13.2. The molecule has 0 atom stereocenters. The summed E-state index contributed by atoms with van der Waals surface area (Å²) in [4.78, 5) is 31.9. The summed E-state index contributed by atoms with van der Waals surface area (Å²) in [6.45, 7) is 2.75. The summed E-state index contributed by atoms with van der Waals surface area (Å²) >= 11 is 0. The lowest BCUT2D eigenvalue weighted by atomic mass is 9.95. The monoisotopic (exact) mass is 364 g/mol. The minimum Gasteiger partial charge on any atom is -0.350 e. The van der Waals surface area contributed by atoms with Gasteiger partial charge in [0.25, 0.3) is 5.91 Å². The lowest BCUT2D eigenvalue weighted by molar-refractivity contribution is -0.123. The predicted octanol–water partition coefficient (Wildman–Crippen LogP) is 2.10. The second-order valence-corrected chi connectivity index (χ2v) is 8.07. The van der Waals surface area contributed by atoms with E-state index in [0.29, 0.717) is 18.3 Å². The number of nitrogens with zero attached hydrogens (tertiary/aromatic N) is 3. The third-order valence-corrected chi connectivity index (χ3v) is 6.03. The van der Waals surface area contributed by atoms with E-state index in [4.69, 9.17) is 0 Å². The van der Waals surface area contributed by atoms with Crippen LogP contribution >= 0.6 is 0 Å². The molecule has 1 N–H and O–H groups in total. The van der Waals surface area contributed by atoms with Crippen LogP contribution in [-0.2, 0) is 23.3 Å². The highest BCUT2D eigenvalue weighted by Crippen LogP contribution is 2.48. The highest BCUT2D eigenvalue weighted by Gasteiger charge is 2.51. The molecule has 1 aromatic heterocycles. The van der Waals surface area contributed by atoms with E-state index in [9.17, 15) is 9.59 Å². The van der Waals surface area contributed by atoms with Gasteiger partial charge in [-0.1, -0.05) is 30.3 Å². The van der Waals surface area contributed by atoms with Gasteiger partial charge in [-0.15, -0.1) is 0 Å². The van der Waals surface area contributed by atoms with Crippen LogP contribution in [0.1, 0.15) is 47.6 Å². The number of hydrogen-bond acceptors (Lipinski definition) is 3. The molecule has 1 aromatic carbocycles. The van der Waals surface area contributed by atoms with Crippen molar-refractivity contribution in [2.45, 2.75) is 44.2 Å². The van der Waals surface area contributed by atoms with Crippen LogP contribution in [0.25, 0.3) is 0 Å². The van der Waals surface area contributed by atoms with E-state index in [1.165, 1.54) is 12.8 Å². The molecule has 0 bridgehead atoms.